The lowest BCUT2D eigenvalue weighted by Crippen LogP contribution is -2.12. The van der Waals surface area contributed by atoms with Crippen molar-refractivity contribution in [3.05, 3.63) is 62.5 Å². The minimum Gasteiger partial charge on any atom is -0.461 e. The zero-order valence-electron chi connectivity index (χ0n) is 19.7. The predicted octanol–water partition coefficient (Wildman–Crippen LogP) is 5.67. The van der Waals surface area contributed by atoms with E-state index >= 15 is 0 Å². The molecule has 0 fully saturated rings. The van der Waals surface area contributed by atoms with Gasteiger partial charge in [0.15, 0.2) is 21.7 Å². The second-order valence-corrected chi connectivity index (χ2v) is 8.26. The van der Waals surface area contributed by atoms with E-state index in [1.807, 2.05) is 13.8 Å². The Morgan fingerprint density at radius 2 is 1.47 bits per heavy atom. The summed E-state index contributed by atoms with van der Waals surface area (Å²) < 4.78 is 23.3. The molecule has 1 N–H and O–H groups in total. The lowest BCUT2D eigenvalue weighted by molar-refractivity contribution is 0.0509. The average Bonchev–Trinajstić information content (AvgIpc) is 2.81. The molecule has 0 unspecified atom stereocenters. The quantitative estimate of drug-likeness (QED) is 0.361. The van der Waals surface area contributed by atoms with E-state index in [9.17, 15) is 14.0 Å². The number of carbonyl (C=O) groups excluding carboxylic acids is 2. The van der Waals surface area contributed by atoms with Crippen LogP contribution >= 0.6 is 34.8 Å². The van der Waals surface area contributed by atoms with E-state index < -0.39 is 11.9 Å². The van der Waals surface area contributed by atoms with Crippen LogP contribution in [0.4, 0.5) is 15.9 Å². The van der Waals surface area contributed by atoms with E-state index in [0.29, 0.717) is 11.5 Å². The van der Waals surface area contributed by atoms with Crippen molar-refractivity contribution >= 4 is 58.2 Å². The summed E-state index contributed by atoms with van der Waals surface area (Å²) in [6.45, 7) is 7.52. The van der Waals surface area contributed by atoms with Gasteiger partial charge in [0.1, 0.15) is 11.6 Å². The number of esters is 2. The number of nitrogens with one attached hydrogen (secondary N) is 1. The van der Waals surface area contributed by atoms with Crippen LogP contribution in [0.3, 0.4) is 0 Å². The molecule has 0 spiro atoms. The molecular weight excluding hydrogens is 538 g/mol. The summed E-state index contributed by atoms with van der Waals surface area (Å²) in [7, 11) is 0. The van der Waals surface area contributed by atoms with Crippen molar-refractivity contribution in [1.82, 2.24) is 25.4 Å². The zero-order chi connectivity index (χ0) is 26.8. The Bertz CT molecular complexity index is 1230. The van der Waals surface area contributed by atoms with Crippen LogP contribution < -0.4 is 5.32 Å². The minimum atomic E-state index is -0.634. The van der Waals surface area contributed by atoms with Gasteiger partial charge in [0.05, 0.1) is 29.6 Å². The number of anilines is 2. The highest BCUT2D eigenvalue weighted by molar-refractivity contribution is 6.35. The Balaban J connectivity index is 0.000000297. The second kappa shape index (κ2) is 13.8. The van der Waals surface area contributed by atoms with Crippen LogP contribution in [0.2, 0.25) is 15.3 Å². The molecule has 10 nitrogen and oxygen atoms in total. The Kier molecular flexibility index (Phi) is 11.2. The number of hydrogen-bond donors (Lipinski definition) is 1. The maximum atomic E-state index is 13.7. The normalized spacial score (nSPS) is 10.4. The van der Waals surface area contributed by atoms with E-state index in [-0.39, 0.29) is 57.4 Å². The molecule has 0 radical (unpaired) electrons. The summed E-state index contributed by atoms with van der Waals surface area (Å²) in [5.74, 6) is -1.34. The van der Waals surface area contributed by atoms with Crippen LogP contribution in [0.15, 0.2) is 24.3 Å². The molecule has 14 heteroatoms. The molecule has 3 aromatic rings. The molecule has 3 heterocycles. The maximum Gasteiger partial charge on any atom is 0.361 e. The second-order valence-electron chi connectivity index (χ2n) is 7.08. The van der Waals surface area contributed by atoms with E-state index in [2.05, 4.69) is 35.4 Å². The molecule has 0 bridgehead atoms. The average molecular weight is 560 g/mol. The van der Waals surface area contributed by atoms with Crippen molar-refractivity contribution in [2.24, 2.45) is 0 Å². The monoisotopic (exact) mass is 558 g/mol. The molecule has 0 aromatic carbocycles. The first-order valence-electron chi connectivity index (χ1n) is 10.6. The smallest absolute Gasteiger partial charge is 0.361 e. The number of ether oxygens (including phenoxy) is 2. The molecule has 0 saturated heterocycles. The fraction of sp³-hybridized carbons (Fsp3) is 0.318. The molecule has 0 aliphatic heterocycles. The van der Waals surface area contributed by atoms with Crippen molar-refractivity contribution < 1.29 is 23.5 Å². The van der Waals surface area contributed by atoms with E-state index in [0.717, 1.165) is 0 Å². The van der Waals surface area contributed by atoms with Crippen molar-refractivity contribution in [2.45, 2.75) is 33.6 Å². The fourth-order valence-electron chi connectivity index (χ4n) is 2.57. The van der Waals surface area contributed by atoms with Gasteiger partial charge in [-0.2, -0.15) is 0 Å². The third kappa shape index (κ3) is 8.21. The van der Waals surface area contributed by atoms with E-state index in [4.69, 9.17) is 39.5 Å². The molecule has 0 aliphatic carbocycles. The van der Waals surface area contributed by atoms with Gasteiger partial charge in [0.25, 0.3) is 0 Å². The Hall–Kier alpha value is -3.15. The molecule has 0 amide bonds. The fourth-order valence-corrected chi connectivity index (χ4v) is 3.14. The lowest BCUT2D eigenvalue weighted by atomic mass is 10.1. The van der Waals surface area contributed by atoms with Crippen molar-refractivity contribution in [3.8, 4) is 0 Å². The minimum absolute atomic E-state index is 0.0199. The number of rotatable bonds is 7. The van der Waals surface area contributed by atoms with Gasteiger partial charge < -0.3 is 14.8 Å². The summed E-state index contributed by atoms with van der Waals surface area (Å²) in [5, 5.41) is 17.7. The molecule has 0 aliphatic rings. The SMILES string of the molecule is CCOC(=O)c1nnc(Cl)cc1Cl.CCOC(=O)c1nnc(Cl)cc1Nc1ccc(F)c(C(C)C)n1. The van der Waals surface area contributed by atoms with Gasteiger partial charge in [0.2, 0.25) is 0 Å². The number of aromatic nitrogens is 5. The maximum absolute atomic E-state index is 13.7. The topological polar surface area (TPSA) is 129 Å². The van der Waals surface area contributed by atoms with Gasteiger partial charge >= 0.3 is 11.9 Å². The van der Waals surface area contributed by atoms with Gasteiger partial charge in [-0.1, -0.05) is 48.7 Å². The summed E-state index contributed by atoms with van der Waals surface area (Å²) >= 11 is 17.0. The number of nitrogens with zero attached hydrogens (tertiary/aromatic N) is 5. The standard InChI is InChI=1S/C15H16ClFN4O2.C7H6Cl2N2O2/c1-4-23-15(22)14-10(7-11(16)20-21-14)18-12-6-5-9(17)13(19-12)8(2)3;1-2-13-7(12)6-4(8)3-5(9)10-11-6/h5-8H,4H2,1-3H3,(H,18,19,20);3H,2H2,1H3. The molecule has 3 aromatic heterocycles. The Morgan fingerprint density at radius 1 is 0.917 bits per heavy atom. The molecule has 0 saturated carbocycles. The summed E-state index contributed by atoms with van der Waals surface area (Å²) in [4.78, 5) is 27.2. The molecule has 192 valence electrons. The highest BCUT2D eigenvalue weighted by atomic mass is 35.5. The molecular formula is C22H22Cl3FN6O4. The largest absolute Gasteiger partial charge is 0.461 e. The predicted molar refractivity (Wildman–Crippen MR) is 133 cm³/mol. The Labute approximate surface area is 221 Å². The van der Waals surface area contributed by atoms with Crippen LogP contribution in [0, 0.1) is 5.82 Å². The van der Waals surface area contributed by atoms with E-state index in [1.54, 1.807) is 13.8 Å². The van der Waals surface area contributed by atoms with Gasteiger partial charge in [-0.15, -0.1) is 20.4 Å². The number of halogens is 4. The highest BCUT2D eigenvalue weighted by Crippen LogP contribution is 2.24. The first kappa shape index (κ1) is 29.1. The summed E-state index contributed by atoms with van der Waals surface area (Å²) in [6.07, 6.45) is 0. The van der Waals surface area contributed by atoms with Gasteiger partial charge in [-0.3, -0.25) is 0 Å². The Morgan fingerprint density at radius 3 is 2.03 bits per heavy atom. The summed E-state index contributed by atoms with van der Waals surface area (Å²) in [6, 6.07) is 5.54. The van der Waals surface area contributed by atoms with Crippen molar-refractivity contribution in [1.29, 1.82) is 0 Å². The van der Waals surface area contributed by atoms with Crippen LogP contribution in [0.1, 0.15) is 60.3 Å². The van der Waals surface area contributed by atoms with Crippen LogP contribution in [0.5, 0.6) is 0 Å². The molecule has 3 rings (SSSR count). The van der Waals surface area contributed by atoms with Gasteiger partial charge in [-0.05, 0) is 38.0 Å². The molecule has 36 heavy (non-hydrogen) atoms. The zero-order valence-corrected chi connectivity index (χ0v) is 21.9. The number of carbonyl (C=O) groups is 2. The van der Waals surface area contributed by atoms with Gasteiger partial charge in [-0.25, -0.2) is 19.0 Å². The first-order chi connectivity index (χ1) is 17.1. The third-order valence-corrected chi connectivity index (χ3v) is 4.76. The van der Waals surface area contributed by atoms with Crippen molar-refractivity contribution in [3.63, 3.8) is 0 Å². The van der Waals surface area contributed by atoms with Gasteiger partial charge in [0, 0.05) is 6.07 Å². The van der Waals surface area contributed by atoms with Crippen LogP contribution in [-0.4, -0.2) is 50.5 Å². The number of pyridine rings is 1. The highest BCUT2D eigenvalue weighted by Gasteiger charge is 2.18. The van der Waals surface area contributed by atoms with Crippen LogP contribution in [-0.2, 0) is 9.47 Å². The lowest BCUT2D eigenvalue weighted by Gasteiger charge is -2.12. The summed E-state index contributed by atoms with van der Waals surface area (Å²) in [5.41, 5.74) is 0.569. The van der Waals surface area contributed by atoms with Crippen LogP contribution in [0.25, 0.3) is 0 Å². The van der Waals surface area contributed by atoms with E-state index in [1.165, 1.54) is 24.3 Å². The third-order valence-electron chi connectivity index (χ3n) is 4.10. The molecule has 0 atom stereocenters. The number of hydrogen-bond acceptors (Lipinski definition) is 10. The van der Waals surface area contributed by atoms with Crippen molar-refractivity contribution in [2.75, 3.05) is 18.5 Å². The first-order valence-corrected chi connectivity index (χ1v) is 11.7.